The summed E-state index contributed by atoms with van der Waals surface area (Å²) < 4.78 is 15.2. The second kappa shape index (κ2) is 5.42. The normalized spacial score (nSPS) is 12.8. The summed E-state index contributed by atoms with van der Waals surface area (Å²) in [6.45, 7) is 1.99. The molecule has 1 atom stereocenters. The Kier molecular flexibility index (Phi) is 3.78. The monoisotopic (exact) mass is 417 g/mol. The first-order valence-corrected chi connectivity index (χ1v) is 8.30. The number of nitrogens with zero attached hydrogens (tertiary/aromatic N) is 3. The molecule has 3 aromatic rings. The van der Waals surface area contributed by atoms with Crippen molar-refractivity contribution in [2.45, 2.75) is 11.8 Å². The van der Waals surface area contributed by atoms with Gasteiger partial charge in [-0.25, -0.2) is 18.1 Å². The number of benzene rings is 1. The molecule has 0 saturated carbocycles. The van der Waals surface area contributed by atoms with Crippen LogP contribution in [0.2, 0.25) is 5.15 Å². The Bertz CT molecular complexity index is 816. The van der Waals surface area contributed by atoms with E-state index in [0.717, 1.165) is 14.2 Å². The van der Waals surface area contributed by atoms with Gasteiger partial charge in [0, 0.05) is 0 Å². The third-order valence-electron chi connectivity index (χ3n) is 2.85. The number of aryl methyl sites for hydroxylation is 1. The van der Waals surface area contributed by atoms with Crippen LogP contribution in [0.5, 0.6) is 0 Å². The Balaban J connectivity index is 2.19. The number of hydrogen-bond donors (Lipinski definition) is 0. The molecule has 2 aromatic heterocycles. The lowest BCUT2D eigenvalue weighted by Crippen LogP contribution is -2.07. The molecule has 1 aromatic carbocycles. The fourth-order valence-electron chi connectivity index (χ4n) is 1.85. The molecular formula is C13H9ClIN3OS. The summed E-state index contributed by atoms with van der Waals surface area (Å²) in [7, 11) is -1.36. The van der Waals surface area contributed by atoms with Crippen LogP contribution in [0.25, 0.3) is 11.0 Å². The molecule has 102 valence electrons. The van der Waals surface area contributed by atoms with Crippen molar-refractivity contribution in [3.63, 3.8) is 0 Å². The summed E-state index contributed by atoms with van der Waals surface area (Å²) in [6, 6.07) is 9.43. The Morgan fingerprint density at radius 3 is 2.65 bits per heavy atom. The zero-order valence-electron chi connectivity index (χ0n) is 10.4. The smallest absolute Gasteiger partial charge is 0.159 e. The highest BCUT2D eigenvalue weighted by atomic mass is 127. The second-order valence-corrected chi connectivity index (χ2v) is 7.02. The van der Waals surface area contributed by atoms with Gasteiger partial charge < -0.3 is 0 Å². The van der Waals surface area contributed by atoms with Gasteiger partial charge in [0.05, 0.1) is 14.0 Å². The maximum absolute atomic E-state index is 12.7. The molecule has 0 saturated heterocycles. The van der Waals surface area contributed by atoms with E-state index in [9.17, 15) is 4.21 Å². The average Bonchev–Trinajstić information content (AvgIpc) is 2.77. The number of fused-ring (bicyclic) bond motifs is 1. The molecule has 7 heteroatoms. The number of rotatable bonds is 2. The summed E-state index contributed by atoms with van der Waals surface area (Å²) >= 11 is 8.17. The lowest BCUT2D eigenvalue weighted by Gasteiger charge is -2.06. The third-order valence-corrected chi connectivity index (χ3v) is 5.65. The van der Waals surface area contributed by atoms with Crippen LogP contribution < -0.4 is 0 Å². The van der Waals surface area contributed by atoms with Crippen LogP contribution >= 0.6 is 34.2 Å². The fourth-order valence-corrected chi connectivity index (χ4v) is 4.20. The lowest BCUT2D eigenvalue weighted by molar-refractivity contribution is 0.677. The highest BCUT2D eigenvalue weighted by molar-refractivity contribution is 14.1. The molecule has 1 unspecified atom stereocenters. The number of hydrogen-bond acceptors (Lipinski definition) is 3. The van der Waals surface area contributed by atoms with Crippen molar-refractivity contribution in [3.05, 3.63) is 51.1 Å². The average molecular weight is 418 g/mol. The minimum atomic E-state index is -1.36. The topological polar surface area (TPSA) is 47.8 Å². The van der Waals surface area contributed by atoms with Crippen molar-refractivity contribution in [2.24, 2.45) is 0 Å². The summed E-state index contributed by atoms with van der Waals surface area (Å²) in [4.78, 5) is 8.86. The Morgan fingerprint density at radius 1 is 1.25 bits per heavy atom. The first kappa shape index (κ1) is 14.0. The van der Waals surface area contributed by atoms with Crippen molar-refractivity contribution in [3.8, 4) is 0 Å². The van der Waals surface area contributed by atoms with Crippen LogP contribution in [0.3, 0.4) is 0 Å². The fraction of sp³-hybridized carbons (Fsp3) is 0.0769. The van der Waals surface area contributed by atoms with E-state index in [4.69, 9.17) is 11.6 Å². The van der Waals surface area contributed by atoms with E-state index in [-0.39, 0.29) is 0 Å². The molecule has 0 aliphatic rings. The highest BCUT2D eigenvalue weighted by Crippen LogP contribution is 2.26. The Hall–Kier alpha value is -0.990. The van der Waals surface area contributed by atoms with Crippen LogP contribution in [-0.2, 0) is 11.0 Å². The van der Waals surface area contributed by atoms with Crippen molar-refractivity contribution in [1.29, 1.82) is 0 Å². The van der Waals surface area contributed by atoms with Crippen molar-refractivity contribution in [1.82, 2.24) is 13.9 Å². The molecule has 0 aliphatic carbocycles. The second-order valence-electron chi connectivity index (χ2n) is 4.23. The molecule has 0 aliphatic heterocycles. The number of aromatic nitrogens is 3. The van der Waals surface area contributed by atoms with E-state index in [1.54, 1.807) is 3.97 Å². The van der Waals surface area contributed by atoms with Gasteiger partial charge in [0.1, 0.15) is 11.5 Å². The maximum atomic E-state index is 12.7. The number of halogens is 2. The molecular weight excluding hydrogens is 409 g/mol. The van der Waals surface area contributed by atoms with Crippen LogP contribution in [0.4, 0.5) is 0 Å². The minimum Gasteiger partial charge on any atom is -0.232 e. The Labute approximate surface area is 136 Å². The van der Waals surface area contributed by atoms with Gasteiger partial charge in [0.15, 0.2) is 16.6 Å². The van der Waals surface area contributed by atoms with Gasteiger partial charge in [0.2, 0.25) is 0 Å². The molecule has 0 fully saturated rings. The van der Waals surface area contributed by atoms with Gasteiger partial charge in [0.25, 0.3) is 0 Å². The maximum Gasteiger partial charge on any atom is 0.159 e. The molecule has 2 heterocycles. The SMILES string of the molecule is Cc1ccc(S(=O)n2c(I)cc3c(Cl)ncnc32)cc1. The van der Waals surface area contributed by atoms with Gasteiger partial charge in [-0.1, -0.05) is 29.3 Å². The zero-order valence-corrected chi connectivity index (χ0v) is 14.1. The van der Waals surface area contributed by atoms with E-state index in [2.05, 4.69) is 32.6 Å². The van der Waals surface area contributed by atoms with E-state index >= 15 is 0 Å². The van der Waals surface area contributed by atoms with E-state index in [1.807, 2.05) is 37.3 Å². The largest absolute Gasteiger partial charge is 0.232 e. The molecule has 20 heavy (non-hydrogen) atoms. The molecule has 0 bridgehead atoms. The zero-order chi connectivity index (χ0) is 14.3. The van der Waals surface area contributed by atoms with Crippen molar-refractivity contribution < 1.29 is 4.21 Å². The van der Waals surface area contributed by atoms with Crippen LogP contribution in [0.1, 0.15) is 5.56 Å². The van der Waals surface area contributed by atoms with Crippen LogP contribution in [0, 0.1) is 10.6 Å². The molecule has 0 spiro atoms. The standard InChI is InChI=1S/C13H9ClIN3OS/c1-8-2-4-9(5-3-8)20(19)18-11(15)6-10-12(14)16-7-17-13(10)18/h2-7H,1H3. The lowest BCUT2D eigenvalue weighted by atomic mass is 10.2. The van der Waals surface area contributed by atoms with E-state index < -0.39 is 11.0 Å². The first-order valence-electron chi connectivity index (χ1n) is 5.74. The van der Waals surface area contributed by atoms with Crippen molar-refractivity contribution >= 4 is 56.2 Å². The van der Waals surface area contributed by atoms with E-state index in [0.29, 0.717) is 16.2 Å². The molecule has 3 rings (SSSR count). The van der Waals surface area contributed by atoms with Crippen molar-refractivity contribution in [2.75, 3.05) is 0 Å². The molecule has 0 amide bonds. The molecule has 4 nitrogen and oxygen atoms in total. The van der Waals surface area contributed by atoms with Crippen LogP contribution in [0.15, 0.2) is 41.6 Å². The van der Waals surface area contributed by atoms with Gasteiger partial charge >= 0.3 is 0 Å². The van der Waals surface area contributed by atoms with Crippen LogP contribution in [-0.4, -0.2) is 18.1 Å². The van der Waals surface area contributed by atoms with Gasteiger partial charge in [-0.05, 0) is 47.7 Å². The third kappa shape index (κ3) is 2.36. The quantitative estimate of drug-likeness (QED) is 0.473. The molecule has 0 radical (unpaired) electrons. The summed E-state index contributed by atoms with van der Waals surface area (Å²) in [5.41, 5.74) is 1.71. The van der Waals surface area contributed by atoms with Gasteiger partial charge in [-0.15, -0.1) is 0 Å². The van der Waals surface area contributed by atoms with E-state index in [1.165, 1.54) is 6.33 Å². The summed E-state index contributed by atoms with van der Waals surface area (Å²) in [5.74, 6) is 0. The van der Waals surface area contributed by atoms with Gasteiger partial charge in [-0.2, -0.15) is 0 Å². The molecule has 0 N–H and O–H groups in total. The minimum absolute atomic E-state index is 0.368. The predicted octanol–water partition coefficient (Wildman–Crippen LogP) is 3.57. The van der Waals surface area contributed by atoms with Gasteiger partial charge in [-0.3, -0.25) is 0 Å². The summed E-state index contributed by atoms with van der Waals surface area (Å²) in [6.07, 6.45) is 1.38. The highest BCUT2D eigenvalue weighted by Gasteiger charge is 2.17. The Morgan fingerprint density at radius 2 is 1.95 bits per heavy atom. The first-order chi connectivity index (χ1) is 9.58. The predicted molar refractivity (Wildman–Crippen MR) is 88.2 cm³/mol. The summed E-state index contributed by atoms with van der Waals surface area (Å²) in [5, 5.41) is 1.08.